The Morgan fingerprint density at radius 1 is 1.54 bits per heavy atom. The predicted octanol–water partition coefficient (Wildman–Crippen LogP) is 0.137. The molecule has 1 amide bonds. The molecular formula is C9H20N2O2. The van der Waals surface area contributed by atoms with Gasteiger partial charge in [-0.15, -0.1) is 0 Å². The van der Waals surface area contributed by atoms with Crippen LogP contribution in [0.5, 0.6) is 0 Å². The van der Waals surface area contributed by atoms with Crippen LogP contribution in [0.1, 0.15) is 20.3 Å². The van der Waals surface area contributed by atoms with Crippen LogP contribution in [0.3, 0.4) is 0 Å². The van der Waals surface area contributed by atoms with E-state index in [-0.39, 0.29) is 18.6 Å². The van der Waals surface area contributed by atoms with Gasteiger partial charge in [0.2, 0.25) is 5.91 Å². The van der Waals surface area contributed by atoms with Gasteiger partial charge in [-0.25, -0.2) is 0 Å². The number of rotatable bonds is 7. The first-order chi connectivity index (χ1) is 6.20. The Morgan fingerprint density at radius 2 is 2.23 bits per heavy atom. The van der Waals surface area contributed by atoms with Crippen molar-refractivity contribution in [2.24, 2.45) is 0 Å². The van der Waals surface area contributed by atoms with Crippen LogP contribution in [0.4, 0.5) is 0 Å². The molecule has 0 radical (unpaired) electrons. The van der Waals surface area contributed by atoms with Crippen LogP contribution in [0.2, 0.25) is 0 Å². The molecule has 0 heterocycles. The van der Waals surface area contributed by atoms with Gasteiger partial charge >= 0.3 is 0 Å². The van der Waals surface area contributed by atoms with Crippen molar-refractivity contribution < 1.29 is 9.53 Å². The largest absolute Gasteiger partial charge is 0.370 e. The van der Waals surface area contributed by atoms with Crippen LogP contribution in [0.25, 0.3) is 0 Å². The Bertz CT molecular complexity index is 140. The summed E-state index contributed by atoms with van der Waals surface area (Å²) in [5.41, 5.74) is 0. The number of ether oxygens (including phenoxy) is 1. The molecule has 0 aromatic heterocycles. The quantitative estimate of drug-likeness (QED) is 0.559. The highest BCUT2D eigenvalue weighted by Crippen LogP contribution is 1.87. The molecule has 0 aromatic carbocycles. The van der Waals surface area contributed by atoms with Crippen molar-refractivity contribution in [2.75, 3.05) is 26.8 Å². The van der Waals surface area contributed by atoms with Gasteiger partial charge in [0, 0.05) is 12.6 Å². The lowest BCUT2D eigenvalue weighted by Gasteiger charge is -2.11. The number of hydrogen-bond acceptors (Lipinski definition) is 3. The second-order valence-corrected chi connectivity index (χ2v) is 3.03. The van der Waals surface area contributed by atoms with Crippen LogP contribution < -0.4 is 10.6 Å². The minimum Gasteiger partial charge on any atom is -0.370 e. The summed E-state index contributed by atoms with van der Waals surface area (Å²) in [6, 6.07) is 0.236. The zero-order valence-corrected chi connectivity index (χ0v) is 8.72. The van der Waals surface area contributed by atoms with Crippen molar-refractivity contribution in [2.45, 2.75) is 26.3 Å². The zero-order valence-electron chi connectivity index (χ0n) is 8.72. The first kappa shape index (κ1) is 12.4. The predicted molar refractivity (Wildman–Crippen MR) is 52.6 cm³/mol. The summed E-state index contributed by atoms with van der Waals surface area (Å²) < 4.78 is 5.11. The highest BCUT2D eigenvalue weighted by molar-refractivity contribution is 5.77. The van der Waals surface area contributed by atoms with Gasteiger partial charge in [0.25, 0.3) is 0 Å². The molecule has 4 heteroatoms. The summed E-state index contributed by atoms with van der Waals surface area (Å²) >= 11 is 0. The maximum absolute atomic E-state index is 11.1. The third kappa shape index (κ3) is 7.74. The number of carbonyl (C=O) groups excluding carboxylic acids is 1. The fourth-order valence-corrected chi connectivity index (χ4v) is 0.758. The van der Waals surface area contributed by atoms with E-state index in [0.717, 1.165) is 13.0 Å². The van der Waals surface area contributed by atoms with E-state index in [1.165, 1.54) is 0 Å². The number of hydrogen-bond donors (Lipinski definition) is 2. The molecule has 0 aliphatic heterocycles. The monoisotopic (exact) mass is 188 g/mol. The van der Waals surface area contributed by atoms with Gasteiger partial charge in [0.15, 0.2) is 0 Å². The molecule has 2 N–H and O–H groups in total. The van der Waals surface area contributed by atoms with E-state index in [9.17, 15) is 4.79 Å². The Balaban J connectivity index is 3.30. The molecule has 1 atom stereocenters. The highest BCUT2D eigenvalue weighted by atomic mass is 16.5. The molecule has 0 fully saturated rings. The van der Waals surface area contributed by atoms with Crippen molar-refractivity contribution in [3.8, 4) is 0 Å². The molecule has 0 aliphatic carbocycles. The second-order valence-electron chi connectivity index (χ2n) is 3.03. The minimum absolute atomic E-state index is 0.0366. The lowest BCUT2D eigenvalue weighted by atomic mass is 10.2. The molecule has 0 rings (SSSR count). The maximum atomic E-state index is 11.1. The molecule has 0 aromatic rings. The van der Waals surface area contributed by atoms with Crippen LogP contribution in [-0.4, -0.2) is 38.8 Å². The smallest absolute Gasteiger partial charge is 0.246 e. The van der Waals surface area contributed by atoms with Gasteiger partial charge in [-0.3, -0.25) is 4.79 Å². The van der Waals surface area contributed by atoms with Crippen LogP contribution in [0, 0.1) is 0 Å². The summed E-state index contributed by atoms with van der Waals surface area (Å²) in [6.07, 6.45) is 0.947. The first-order valence-corrected chi connectivity index (χ1v) is 4.72. The lowest BCUT2D eigenvalue weighted by Crippen LogP contribution is -2.35. The Hall–Kier alpha value is -0.610. The SMILES string of the molecule is CCC(C)NC(=O)COCCNC. The molecule has 78 valence electrons. The summed E-state index contributed by atoms with van der Waals surface area (Å²) in [7, 11) is 1.85. The average molecular weight is 188 g/mol. The van der Waals surface area contributed by atoms with Crippen LogP contribution in [-0.2, 0) is 9.53 Å². The van der Waals surface area contributed by atoms with Crippen LogP contribution in [0.15, 0.2) is 0 Å². The number of likely N-dealkylation sites (N-methyl/N-ethyl adjacent to an activating group) is 1. The van der Waals surface area contributed by atoms with Gasteiger partial charge in [0.05, 0.1) is 6.61 Å². The Labute approximate surface area is 80.0 Å². The summed E-state index contributed by atoms with van der Waals surface area (Å²) in [6.45, 7) is 5.52. The summed E-state index contributed by atoms with van der Waals surface area (Å²) in [5, 5.41) is 5.76. The van der Waals surface area contributed by atoms with Gasteiger partial charge in [-0.2, -0.15) is 0 Å². The second kappa shape index (κ2) is 8.01. The van der Waals surface area contributed by atoms with Crippen LogP contribution >= 0.6 is 0 Å². The molecule has 0 aliphatic rings. The Morgan fingerprint density at radius 3 is 2.77 bits per heavy atom. The van der Waals surface area contributed by atoms with Crippen molar-refractivity contribution in [3.63, 3.8) is 0 Å². The molecule has 0 saturated carbocycles. The minimum atomic E-state index is -0.0366. The number of carbonyl (C=O) groups is 1. The normalized spacial score (nSPS) is 12.5. The fourth-order valence-electron chi connectivity index (χ4n) is 0.758. The third-order valence-corrected chi connectivity index (χ3v) is 1.75. The standard InChI is InChI=1S/C9H20N2O2/c1-4-8(2)11-9(12)7-13-6-5-10-3/h8,10H,4-7H2,1-3H3,(H,11,12). The van der Waals surface area contributed by atoms with Crippen molar-refractivity contribution in [3.05, 3.63) is 0 Å². The highest BCUT2D eigenvalue weighted by Gasteiger charge is 2.04. The maximum Gasteiger partial charge on any atom is 0.246 e. The van der Waals surface area contributed by atoms with Gasteiger partial charge in [-0.1, -0.05) is 6.92 Å². The average Bonchev–Trinajstić information content (AvgIpc) is 2.12. The number of amides is 1. The molecule has 0 bridgehead atoms. The van der Waals surface area contributed by atoms with E-state index in [1.807, 2.05) is 20.9 Å². The molecule has 0 spiro atoms. The van der Waals surface area contributed by atoms with Gasteiger partial charge in [-0.05, 0) is 20.4 Å². The lowest BCUT2D eigenvalue weighted by molar-refractivity contribution is -0.126. The first-order valence-electron chi connectivity index (χ1n) is 4.72. The molecular weight excluding hydrogens is 168 g/mol. The Kier molecular flexibility index (Phi) is 7.63. The van der Waals surface area contributed by atoms with Crippen molar-refractivity contribution >= 4 is 5.91 Å². The van der Waals surface area contributed by atoms with E-state index in [4.69, 9.17) is 4.74 Å². The summed E-state index contributed by atoms with van der Waals surface area (Å²) in [4.78, 5) is 11.1. The third-order valence-electron chi connectivity index (χ3n) is 1.75. The van der Waals surface area contributed by atoms with E-state index in [1.54, 1.807) is 0 Å². The summed E-state index contributed by atoms with van der Waals surface area (Å²) in [5.74, 6) is -0.0366. The van der Waals surface area contributed by atoms with Crippen molar-refractivity contribution in [1.29, 1.82) is 0 Å². The van der Waals surface area contributed by atoms with Gasteiger partial charge < -0.3 is 15.4 Å². The molecule has 4 nitrogen and oxygen atoms in total. The molecule has 13 heavy (non-hydrogen) atoms. The zero-order chi connectivity index (χ0) is 10.1. The fraction of sp³-hybridized carbons (Fsp3) is 0.889. The number of nitrogens with one attached hydrogen (secondary N) is 2. The van der Waals surface area contributed by atoms with E-state index < -0.39 is 0 Å². The van der Waals surface area contributed by atoms with E-state index in [2.05, 4.69) is 10.6 Å². The van der Waals surface area contributed by atoms with Crippen molar-refractivity contribution in [1.82, 2.24) is 10.6 Å². The van der Waals surface area contributed by atoms with E-state index >= 15 is 0 Å². The molecule has 0 saturated heterocycles. The topological polar surface area (TPSA) is 50.4 Å². The van der Waals surface area contributed by atoms with E-state index in [0.29, 0.717) is 6.61 Å². The van der Waals surface area contributed by atoms with Gasteiger partial charge in [0.1, 0.15) is 6.61 Å². The molecule has 1 unspecified atom stereocenters.